The highest BCUT2D eigenvalue weighted by atomic mass is 19.1. The van der Waals surface area contributed by atoms with Gasteiger partial charge in [-0.1, -0.05) is 6.92 Å². The number of nitrogens with zero attached hydrogens (tertiary/aromatic N) is 5. The average molecular weight is 448 g/mol. The SMILES string of the molecule is CCc1ncc(Oc2nc3c(c(N4C[C@H](N)C5(CC5)C4)n2)-c2cc(F)cc(NC)c2C3)cn1. The van der Waals surface area contributed by atoms with Gasteiger partial charge in [-0.15, -0.1) is 0 Å². The molecule has 8 nitrogen and oxygen atoms in total. The molecule has 3 aromatic rings. The number of nitrogens with one attached hydrogen (secondary N) is 1. The van der Waals surface area contributed by atoms with Crippen molar-refractivity contribution in [2.24, 2.45) is 11.1 Å². The number of fused-ring (bicyclic) bond motifs is 3. The third kappa shape index (κ3) is 3.30. The van der Waals surface area contributed by atoms with Crippen molar-refractivity contribution in [1.82, 2.24) is 19.9 Å². The number of benzene rings is 1. The van der Waals surface area contributed by atoms with Crippen molar-refractivity contribution >= 4 is 11.5 Å². The van der Waals surface area contributed by atoms with Gasteiger partial charge in [0.15, 0.2) is 5.75 Å². The van der Waals surface area contributed by atoms with Gasteiger partial charge in [-0.25, -0.2) is 14.4 Å². The molecule has 33 heavy (non-hydrogen) atoms. The van der Waals surface area contributed by atoms with Crippen LogP contribution in [0, 0.1) is 11.2 Å². The minimum Gasteiger partial charge on any atom is -0.421 e. The number of ether oxygens (including phenoxy) is 1. The molecule has 3 aliphatic rings. The van der Waals surface area contributed by atoms with Gasteiger partial charge in [0.2, 0.25) is 0 Å². The highest BCUT2D eigenvalue weighted by Gasteiger charge is 2.54. The van der Waals surface area contributed by atoms with Crippen molar-refractivity contribution in [2.75, 3.05) is 30.4 Å². The van der Waals surface area contributed by atoms with E-state index >= 15 is 0 Å². The lowest BCUT2D eigenvalue weighted by atomic mass is 10.0. The molecule has 6 rings (SSSR count). The molecule has 1 aromatic carbocycles. The zero-order valence-electron chi connectivity index (χ0n) is 18.7. The van der Waals surface area contributed by atoms with Gasteiger partial charge in [-0.2, -0.15) is 9.97 Å². The van der Waals surface area contributed by atoms with Crippen LogP contribution >= 0.6 is 0 Å². The summed E-state index contributed by atoms with van der Waals surface area (Å²) in [6, 6.07) is 3.44. The van der Waals surface area contributed by atoms with Crippen molar-refractivity contribution in [3.63, 3.8) is 0 Å². The summed E-state index contributed by atoms with van der Waals surface area (Å²) in [7, 11) is 1.80. The first-order chi connectivity index (χ1) is 16.0. The number of anilines is 2. The molecule has 2 fully saturated rings. The maximum absolute atomic E-state index is 14.5. The summed E-state index contributed by atoms with van der Waals surface area (Å²) in [6.07, 6.45) is 6.87. The van der Waals surface area contributed by atoms with E-state index in [1.807, 2.05) is 6.92 Å². The van der Waals surface area contributed by atoms with Gasteiger partial charge in [0, 0.05) is 55.7 Å². The highest BCUT2D eigenvalue weighted by Crippen LogP contribution is 2.54. The van der Waals surface area contributed by atoms with Gasteiger partial charge in [0.1, 0.15) is 17.5 Å². The van der Waals surface area contributed by atoms with Gasteiger partial charge in [0.05, 0.1) is 18.1 Å². The summed E-state index contributed by atoms with van der Waals surface area (Å²) in [4.78, 5) is 20.4. The molecule has 1 spiro atoms. The van der Waals surface area contributed by atoms with E-state index in [1.54, 1.807) is 25.5 Å². The lowest BCUT2D eigenvalue weighted by Crippen LogP contribution is -2.30. The Labute approximate surface area is 191 Å². The number of hydrogen-bond donors (Lipinski definition) is 2. The van der Waals surface area contributed by atoms with Crippen LogP contribution in [-0.2, 0) is 12.8 Å². The van der Waals surface area contributed by atoms with Gasteiger partial charge in [-0.05, 0) is 36.1 Å². The van der Waals surface area contributed by atoms with E-state index in [4.69, 9.17) is 20.4 Å². The second kappa shape index (κ2) is 7.34. The predicted octanol–water partition coefficient (Wildman–Crippen LogP) is 3.30. The summed E-state index contributed by atoms with van der Waals surface area (Å²) in [5.74, 6) is 1.69. The van der Waals surface area contributed by atoms with Gasteiger partial charge in [-0.3, -0.25) is 0 Å². The van der Waals surface area contributed by atoms with E-state index in [0.29, 0.717) is 18.7 Å². The first-order valence-corrected chi connectivity index (χ1v) is 11.4. The highest BCUT2D eigenvalue weighted by molar-refractivity contribution is 5.88. The fraction of sp³-hybridized carbons (Fsp3) is 0.417. The Kier molecular flexibility index (Phi) is 4.52. The molecule has 3 heterocycles. The van der Waals surface area contributed by atoms with Crippen LogP contribution in [0.25, 0.3) is 11.1 Å². The van der Waals surface area contributed by atoms with E-state index in [1.165, 1.54) is 6.07 Å². The Balaban J connectivity index is 1.45. The number of hydrogen-bond acceptors (Lipinski definition) is 8. The zero-order chi connectivity index (χ0) is 22.7. The molecule has 0 radical (unpaired) electrons. The smallest absolute Gasteiger partial charge is 0.324 e. The summed E-state index contributed by atoms with van der Waals surface area (Å²) in [6.45, 7) is 3.55. The standard InChI is InChI=1S/C24H26FN7O/c1-3-20-28-9-14(10-29-20)33-23-30-18-8-15-16(6-13(25)7-17(15)27-2)21(18)22(31-23)32-11-19(26)24(12-32)4-5-24/h6-7,9-10,19,27H,3-5,8,11-12,26H2,1-2H3/t19-/m0/s1. The molecule has 0 bridgehead atoms. The van der Waals surface area contributed by atoms with Crippen molar-refractivity contribution in [3.05, 3.63) is 47.4 Å². The first kappa shape index (κ1) is 20.3. The summed E-state index contributed by atoms with van der Waals surface area (Å²) < 4.78 is 20.5. The molecule has 1 aliphatic heterocycles. The van der Waals surface area contributed by atoms with Crippen molar-refractivity contribution in [1.29, 1.82) is 0 Å². The molecule has 1 saturated heterocycles. The van der Waals surface area contributed by atoms with Crippen molar-refractivity contribution in [2.45, 2.75) is 38.6 Å². The largest absolute Gasteiger partial charge is 0.421 e. The zero-order valence-corrected chi connectivity index (χ0v) is 18.7. The number of halogens is 1. The minimum absolute atomic E-state index is 0.101. The monoisotopic (exact) mass is 447 g/mol. The van der Waals surface area contributed by atoms with Crippen LogP contribution in [-0.4, -0.2) is 46.1 Å². The Morgan fingerprint density at radius 1 is 1.24 bits per heavy atom. The fourth-order valence-corrected chi connectivity index (χ4v) is 5.12. The van der Waals surface area contributed by atoms with E-state index < -0.39 is 0 Å². The lowest BCUT2D eigenvalue weighted by molar-refractivity contribution is 0.435. The minimum atomic E-state index is -0.290. The summed E-state index contributed by atoms with van der Waals surface area (Å²) in [5, 5.41) is 3.12. The molecule has 2 aromatic heterocycles. The van der Waals surface area contributed by atoms with Gasteiger partial charge < -0.3 is 20.7 Å². The van der Waals surface area contributed by atoms with Crippen LogP contribution in [0.3, 0.4) is 0 Å². The van der Waals surface area contributed by atoms with Crippen LogP contribution in [0.1, 0.15) is 36.8 Å². The average Bonchev–Trinajstić information content (AvgIpc) is 3.40. The Morgan fingerprint density at radius 2 is 2.03 bits per heavy atom. The van der Waals surface area contributed by atoms with E-state index in [-0.39, 0.29) is 23.3 Å². The molecule has 3 N–H and O–H groups in total. The first-order valence-electron chi connectivity index (χ1n) is 11.4. The van der Waals surface area contributed by atoms with Crippen LogP contribution in [0.4, 0.5) is 15.9 Å². The quantitative estimate of drug-likeness (QED) is 0.481. The van der Waals surface area contributed by atoms with Crippen molar-refractivity contribution in [3.8, 4) is 22.9 Å². The Morgan fingerprint density at radius 3 is 2.70 bits per heavy atom. The molecular formula is C24H26FN7O. The Hall–Kier alpha value is -3.33. The van der Waals surface area contributed by atoms with E-state index in [0.717, 1.165) is 65.5 Å². The van der Waals surface area contributed by atoms with Crippen LogP contribution < -0.4 is 20.7 Å². The third-order valence-corrected chi connectivity index (χ3v) is 7.15. The molecule has 9 heteroatoms. The Bertz CT molecular complexity index is 1240. The maximum Gasteiger partial charge on any atom is 0.324 e. The summed E-state index contributed by atoms with van der Waals surface area (Å²) in [5.41, 5.74) is 11.0. The molecule has 170 valence electrons. The predicted molar refractivity (Wildman–Crippen MR) is 123 cm³/mol. The molecule has 1 saturated carbocycles. The molecule has 2 aliphatic carbocycles. The van der Waals surface area contributed by atoms with Crippen LogP contribution in [0.15, 0.2) is 24.5 Å². The van der Waals surface area contributed by atoms with Crippen molar-refractivity contribution < 1.29 is 9.13 Å². The number of rotatable bonds is 5. The maximum atomic E-state index is 14.5. The number of aryl methyl sites for hydroxylation is 1. The lowest BCUT2D eigenvalue weighted by Gasteiger charge is -2.21. The van der Waals surface area contributed by atoms with Gasteiger partial charge >= 0.3 is 6.01 Å². The normalized spacial score (nSPS) is 19.5. The van der Waals surface area contributed by atoms with Crippen LogP contribution in [0.5, 0.6) is 11.8 Å². The van der Waals surface area contributed by atoms with Crippen LogP contribution in [0.2, 0.25) is 0 Å². The molecule has 0 amide bonds. The second-order valence-electron chi connectivity index (χ2n) is 9.20. The fourth-order valence-electron chi connectivity index (χ4n) is 5.12. The number of aromatic nitrogens is 4. The molecule has 0 unspecified atom stereocenters. The molecular weight excluding hydrogens is 421 g/mol. The van der Waals surface area contributed by atoms with E-state index in [9.17, 15) is 4.39 Å². The summed E-state index contributed by atoms with van der Waals surface area (Å²) >= 11 is 0. The van der Waals surface area contributed by atoms with E-state index in [2.05, 4.69) is 20.2 Å². The topological polar surface area (TPSA) is 102 Å². The molecule has 1 atom stereocenters. The third-order valence-electron chi connectivity index (χ3n) is 7.15. The van der Waals surface area contributed by atoms with Gasteiger partial charge in [0.25, 0.3) is 0 Å². The number of nitrogens with two attached hydrogens (primary N) is 1. The second-order valence-corrected chi connectivity index (χ2v) is 9.20.